The fourth-order valence-corrected chi connectivity index (χ4v) is 2.64. The number of carbonyl (C=O) groups excluding carboxylic acids is 1. The van der Waals surface area contributed by atoms with E-state index in [1.54, 1.807) is 11.8 Å². The van der Waals surface area contributed by atoms with Crippen molar-refractivity contribution in [2.75, 3.05) is 5.75 Å². The van der Waals surface area contributed by atoms with Crippen molar-refractivity contribution in [1.82, 2.24) is 20.0 Å². The molecule has 0 fully saturated rings. The maximum absolute atomic E-state index is 10.9. The quantitative estimate of drug-likeness (QED) is 0.263. The molecule has 19 heavy (non-hydrogen) atoms. The molecule has 0 aliphatic rings. The maximum Gasteiger partial charge on any atom is 0.233 e. The summed E-state index contributed by atoms with van der Waals surface area (Å²) in [5, 5.41) is 9.16. The third kappa shape index (κ3) is 3.93. The van der Waals surface area contributed by atoms with Gasteiger partial charge in [-0.2, -0.15) is 0 Å². The lowest BCUT2D eigenvalue weighted by Gasteiger charge is -2.01. The Labute approximate surface area is 115 Å². The molecular weight excluding hydrogens is 262 g/mol. The van der Waals surface area contributed by atoms with Gasteiger partial charge >= 0.3 is 0 Å². The molecule has 2 rings (SSSR count). The van der Waals surface area contributed by atoms with Gasteiger partial charge in [-0.3, -0.25) is 14.6 Å². The molecule has 2 heterocycles. The molecule has 0 atom stereocenters. The molecule has 6 nitrogen and oxygen atoms in total. The lowest BCUT2D eigenvalue weighted by atomic mass is 10.2. The van der Waals surface area contributed by atoms with Crippen LogP contribution in [0.3, 0.4) is 0 Å². The lowest BCUT2D eigenvalue weighted by molar-refractivity contribution is -0.121. The number of nitrogens with two attached hydrogens (primary N) is 1. The molecule has 0 radical (unpaired) electrons. The Morgan fingerprint density at radius 3 is 3.05 bits per heavy atom. The third-order valence-corrected chi connectivity index (χ3v) is 3.75. The van der Waals surface area contributed by atoms with Crippen LogP contribution in [0.5, 0.6) is 0 Å². The highest BCUT2D eigenvalue weighted by atomic mass is 32.2. The third-order valence-electron chi connectivity index (χ3n) is 2.72. The van der Waals surface area contributed by atoms with Crippen LogP contribution in [0.1, 0.15) is 25.7 Å². The number of amides is 1. The molecule has 0 spiro atoms. The highest BCUT2D eigenvalue weighted by molar-refractivity contribution is 7.99. The van der Waals surface area contributed by atoms with E-state index in [-0.39, 0.29) is 5.91 Å². The molecule has 2 aromatic heterocycles. The van der Waals surface area contributed by atoms with E-state index in [0.29, 0.717) is 6.42 Å². The standard InChI is InChI=1S/C12H17N5OS/c13-14-11(18)7-2-1-5-9-19-12-16-15-10-6-3-4-8-17(10)12/h3-4,6,8H,1-2,5,7,9,13H2,(H,14,18). The minimum atomic E-state index is -0.101. The van der Waals surface area contributed by atoms with E-state index in [9.17, 15) is 4.79 Å². The summed E-state index contributed by atoms with van der Waals surface area (Å²) in [6, 6.07) is 5.84. The van der Waals surface area contributed by atoms with E-state index in [1.807, 2.05) is 28.8 Å². The normalized spacial score (nSPS) is 10.8. The van der Waals surface area contributed by atoms with Gasteiger partial charge in [0, 0.05) is 18.4 Å². The summed E-state index contributed by atoms with van der Waals surface area (Å²) in [5.41, 5.74) is 3.00. The predicted molar refractivity (Wildman–Crippen MR) is 74.5 cm³/mol. The number of hydrazine groups is 1. The number of nitrogens with one attached hydrogen (secondary N) is 1. The van der Waals surface area contributed by atoms with Crippen LogP contribution in [-0.2, 0) is 4.79 Å². The Balaban J connectivity index is 1.70. The molecule has 0 saturated heterocycles. The number of aromatic nitrogens is 3. The second-order valence-corrected chi connectivity index (χ2v) is 5.20. The SMILES string of the molecule is NNC(=O)CCCCCSc1nnc2ccccn12. The smallest absolute Gasteiger partial charge is 0.233 e. The molecule has 0 aromatic carbocycles. The first-order valence-corrected chi connectivity index (χ1v) is 7.22. The molecule has 102 valence electrons. The second kappa shape index (κ2) is 7.10. The first kappa shape index (κ1) is 13.8. The average molecular weight is 279 g/mol. The lowest BCUT2D eigenvalue weighted by Crippen LogP contribution is -2.29. The van der Waals surface area contributed by atoms with Gasteiger partial charge in [0.25, 0.3) is 0 Å². The van der Waals surface area contributed by atoms with Crippen LogP contribution >= 0.6 is 11.8 Å². The summed E-state index contributed by atoms with van der Waals surface area (Å²) < 4.78 is 1.98. The van der Waals surface area contributed by atoms with Crippen LogP contribution in [-0.4, -0.2) is 26.3 Å². The van der Waals surface area contributed by atoms with Crippen LogP contribution in [0.15, 0.2) is 29.6 Å². The molecule has 0 unspecified atom stereocenters. The van der Waals surface area contributed by atoms with E-state index in [4.69, 9.17) is 5.84 Å². The first-order valence-electron chi connectivity index (χ1n) is 6.23. The van der Waals surface area contributed by atoms with Crippen molar-refractivity contribution in [3.05, 3.63) is 24.4 Å². The summed E-state index contributed by atoms with van der Waals surface area (Å²) in [6.07, 6.45) is 5.38. The molecule has 0 aliphatic heterocycles. The maximum atomic E-state index is 10.9. The number of carbonyl (C=O) groups is 1. The number of hydrogen-bond donors (Lipinski definition) is 2. The average Bonchev–Trinajstić information content (AvgIpc) is 2.85. The van der Waals surface area contributed by atoms with Gasteiger partial charge in [-0.1, -0.05) is 24.2 Å². The van der Waals surface area contributed by atoms with Gasteiger partial charge in [-0.25, -0.2) is 5.84 Å². The topological polar surface area (TPSA) is 85.3 Å². The van der Waals surface area contributed by atoms with Crippen LogP contribution in [0.4, 0.5) is 0 Å². The Bertz CT molecular complexity index is 542. The van der Waals surface area contributed by atoms with Crippen molar-refractivity contribution >= 4 is 23.3 Å². The largest absolute Gasteiger partial charge is 0.294 e. The fourth-order valence-electron chi connectivity index (χ4n) is 1.72. The molecule has 0 aliphatic carbocycles. The predicted octanol–water partition coefficient (Wildman–Crippen LogP) is 1.37. The molecular formula is C12H17N5OS. The Hall–Kier alpha value is -1.60. The molecule has 1 amide bonds. The van der Waals surface area contributed by atoms with Gasteiger partial charge in [0.05, 0.1) is 0 Å². The van der Waals surface area contributed by atoms with Crippen molar-refractivity contribution in [2.45, 2.75) is 30.8 Å². The van der Waals surface area contributed by atoms with Gasteiger partial charge in [0.15, 0.2) is 10.8 Å². The fraction of sp³-hybridized carbons (Fsp3) is 0.417. The van der Waals surface area contributed by atoms with Crippen molar-refractivity contribution in [3.8, 4) is 0 Å². The summed E-state index contributed by atoms with van der Waals surface area (Å²) >= 11 is 1.69. The molecule has 2 aromatic rings. The number of unbranched alkanes of at least 4 members (excludes halogenated alkanes) is 2. The zero-order valence-corrected chi connectivity index (χ0v) is 11.4. The van der Waals surface area contributed by atoms with Crippen LogP contribution < -0.4 is 11.3 Å². The van der Waals surface area contributed by atoms with Crippen LogP contribution in [0.25, 0.3) is 5.65 Å². The van der Waals surface area contributed by atoms with E-state index < -0.39 is 0 Å². The van der Waals surface area contributed by atoms with E-state index >= 15 is 0 Å². The van der Waals surface area contributed by atoms with Gasteiger partial charge in [0.1, 0.15) is 0 Å². The van der Waals surface area contributed by atoms with E-state index in [0.717, 1.165) is 35.8 Å². The summed E-state index contributed by atoms with van der Waals surface area (Å²) in [6.45, 7) is 0. The molecule has 0 bridgehead atoms. The van der Waals surface area contributed by atoms with Crippen molar-refractivity contribution in [1.29, 1.82) is 0 Å². The number of rotatable bonds is 7. The zero-order valence-electron chi connectivity index (χ0n) is 10.6. The van der Waals surface area contributed by atoms with Gasteiger partial charge in [0.2, 0.25) is 5.91 Å². The summed E-state index contributed by atoms with van der Waals surface area (Å²) in [5.74, 6) is 5.88. The molecule has 3 N–H and O–H groups in total. The minimum Gasteiger partial charge on any atom is -0.294 e. The monoisotopic (exact) mass is 279 g/mol. The van der Waals surface area contributed by atoms with E-state index in [2.05, 4.69) is 15.6 Å². The van der Waals surface area contributed by atoms with Gasteiger partial charge < -0.3 is 0 Å². The Morgan fingerprint density at radius 2 is 2.21 bits per heavy atom. The van der Waals surface area contributed by atoms with Crippen molar-refractivity contribution in [2.24, 2.45) is 5.84 Å². The highest BCUT2D eigenvalue weighted by Crippen LogP contribution is 2.18. The van der Waals surface area contributed by atoms with Gasteiger partial charge in [-0.15, -0.1) is 10.2 Å². The van der Waals surface area contributed by atoms with Crippen LogP contribution in [0.2, 0.25) is 0 Å². The van der Waals surface area contributed by atoms with Crippen molar-refractivity contribution < 1.29 is 4.79 Å². The number of pyridine rings is 1. The number of fused-ring (bicyclic) bond motifs is 1. The second-order valence-electron chi connectivity index (χ2n) is 4.14. The minimum absolute atomic E-state index is 0.101. The molecule has 0 saturated carbocycles. The van der Waals surface area contributed by atoms with Gasteiger partial charge in [-0.05, 0) is 25.0 Å². The van der Waals surface area contributed by atoms with Crippen LogP contribution in [0, 0.1) is 0 Å². The Kier molecular flexibility index (Phi) is 5.17. The zero-order chi connectivity index (χ0) is 13.5. The van der Waals surface area contributed by atoms with Crippen molar-refractivity contribution in [3.63, 3.8) is 0 Å². The first-order chi connectivity index (χ1) is 9.31. The summed E-state index contributed by atoms with van der Waals surface area (Å²) in [7, 11) is 0. The van der Waals surface area contributed by atoms with E-state index in [1.165, 1.54) is 0 Å². The number of hydrogen-bond acceptors (Lipinski definition) is 5. The molecule has 7 heteroatoms. The number of nitrogens with zero attached hydrogens (tertiary/aromatic N) is 3. The Morgan fingerprint density at radius 1 is 1.32 bits per heavy atom. The highest BCUT2D eigenvalue weighted by Gasteiger charge is 2.04. The summed E-state index contributed by atoms with van der Waals surface area (Å²) in [4.78, 5) is 10.9. The number of thioether (sulfide) groups is 1.